The minimum absolute atomic E-state index is 0.0278. The molecule has 1 aromatic heterocycles. The molecule has 0 aliphatic carbocycles. The highest BCUT2D eigenvalue weighted by Gasteiger charge is 2.32. The Balaban J connectivity index is 2.28. The molecule has 9 heteroatoms. The fourth-order valence-electron chi connectivity index (χ4n) is 1.85. The average molecular weight is 337 g/mol. The minimum atomic E-state index is -1.74. The summed E-state index contributed by atoms with van der Waals surface area (Å²) in [6.45, 7) is -0.754. The maximum Gasteiger partial charge on any atom is 0.140 e. The molecule has 116 valence electrons. The maximum absolute atomic E-state index is 9.98. The summed E-state index contributed by atoms with van der Waals surface area (Å²) in [6.07, 6.45) is -6.64. The number of hydrogen-bond donors (Lipinski definition) is 6. The summed E-state index contributed by atoms with van der Waals surface area (Å²) < 4.78 is 0. The van der Waals surface area contributed by atoms with Gasteiger partial charge < -0.3 is 30.5 Å². The first-order valence-corrected chi connectivity index (χ1v) is 6.78. The largest absolute Gasteiger partial charge is 0.394 e. The summed E-state index contributed by atoms with van der Waals surface area (Å²) in [7, 11) is 0. The molecule has 0 radical (unpaired) electrons. The van der Waals surface area contributed by atoms with Gasteiger partial charge in [0.2, 0.25) is 0 Å². The number of imidazole rings is 1. The molecular formula is C12H14Cl2N2O5. The number of nitrogens with one attached hydrogen (secondary N) is 1. The molecule has 0 amide bonds. The van der Waals surface area contributed by atoms with Gasteiger partial charge in [0.1, 0.15) is 30.2 Å². The Morgan fingerprint density at radius 2 is 1.67 bits per heavy atom. The van der Waals surface area contributed by atoms with E-state index in [1.54, 1.807) is 0 Å². The molecule has 21 heavy (non-hydrogen) atoms. The van der Waals surface area contributed by atoms with Gasteiger partial charge in [-0.15, -0.1) is 0 Å². The number of rotatable bonds is 5. The van der Waals surface area contributed by atoms with Crippen LogP contribution in [-0.2, 0) is 0 Å². The molecular weight excluding hydrogens is 323 g/mol. The Hall–Kier alpha value is -0.930. The lowest BCUT2D eigenvalue weighted by Crippen LogP contribution is -2.42. The van der Waals surface area contributed by atoms with Gasteiger partial charge in [-0.05, 0) is 12.1 Å². The Morgan fingerprint density at radius 1 is 1.05 bits per heavy atom. The van der Waals surface area contributed by atoms with Gasteiger partial charge in [0, 0.05) is 0 Å². The van der Waals surface area contributed by atoms with Crippen LogP contribution < -0.4 is 0 Å². The van der Waals surface area contributed by atoms with Gasteiger partial charge in [0.05, 0.1) is 27.7 Å². The number of H-pyrrole nitrogens is 1. The number of aliphatic hydroxyl groups is 5. The van der Waals surface area contributed by atoms with Crippen molar-refractivity contribution in [1.29, 1.82) is 0 Å². The van der Waals surface area contributed by atoms with Crippen molar-refractivity contribution in [2.45, 2.75) is 24.4 Å². The van der Waals surface area contributed by atoms with Crippen LogP contribution in [0.1, 0.15) is 11.9 Å². The van der Waals surface area contributed by atoms with Crippen molar-refractivity contribution in [2.24, 2.45) is 0 Å². The summed E-state index contributed by atoms with van der Waals surface area (Å²) in [5.74, 6) is -0.0278. The van der Waals surface area contributed by atoms with Crippen molar-refractivity contribution in [2.75, 3.05) is 6.61 Å². The van der Waals surface area contributed by atoms with Crippen molar-refractivity contribution in [1.82, 2.24) is 9.97 Å². The Morgan fingerprint density at radius 3 is 2.29 bits per heavy atom. The zero-order valence-corrected chi connectivity index (χ0v) is 12.1. The van der Waals surface area contributed by atoms with E-state index >= 15 is 0 Å². The van der Waals surface area contributed by atoms with Crippen molar-refractivity contribution >= 4 is 34.2 Å². The molecule has 2 rings (SSSR count). The van der Waals surface area contributed by atoms with Crippen LogP contribution in [0.5, 0.6) is 0 Å². The Kier molecular flexibility index (Phi) is 5.05. The van der Waals surface area contributed by atoms with E-state index in [1.807, 2.05) is 0 Å². The van der Waals surface area contributed by atoms with E-state index in [2.05, 4.69) is 9.97 Å². The second kappa shape index (κ2) is 6.45. The van der Waals surface area contributed by atoms with Crippen LogP contribution in [0.15, 0.2) is 12.1 Å². The SMILES string of the molecule is OCC(O)[C@@H](O)C(O)[C@H](O)c1nc2cc(Cl)c(Cl)cc2[nH]1. The second-order valence-electron chi connectivity index (χ2n) is 4.58. The number of hydrogen-bond acceptors (Lipinski definition) is 6. The first-order chi connectivity index (χ1) is 9.85. The fraction of sp³-hybridized carbons (Fsp3) is 0.417. The van der Waals surface area contributed by atoms with Crippen molar-refractivity contribution in [3.05, 3.63) is 28.0 Å². The third kappa shape index (κ3) is 3.29. The second-order valence-corrected chi connectivity index (χ2v) is 5.40. The molecule has 0 bridgehead atoms. The van der Waals surface area contributed by atoms with Gasteiger partial charge in [0.25, 0.3) is 0 Å². The quantitative estimate of drug-likeness (QED) is 0.455. The molecule has 2 unspecified atom stereocenters. The highest BCUT2D eigenvalue weighted by atomic mass is 35.5. The number of aromatic nitrogens is 2. The zero-order valence-electron chi connectivity index (χ0n) is 10.6. The topological polar surface area (TPSA) is 130 Å². The monoisotopic (exact) mass is 336 g/mol. The van der Waals surface area contributed by atoms with Gasteiger partial charge in [-0.25, -0.2) is 4.98 Å². The van der Waals surface area contributed by atoms with E-state index in [4.69, 9.17) is 28.3 Å². The number of aliphatic hydroxyl groups excluding tert-OH is 5. The third-order valence-corrected chi connectivity index (χ3v) is 3.80. The Labute approximate surface area is 129 Å². The lowest BCUT2D eigenvalue weighted by molar-refractivity contribution is -0.117. The van der Waals surface area contributed by atoms with E-state index in [1.165, 1.54) is 12.1 Å². The first kappa shape index (κ1) is 16.4. The van der Waals surface area contributed by atoms with Crippen LogP contribution in [0.3, 0.4) is 0 Å². The number of aromatic amines is 1. The van der Waals surface area contributed by atoms with E-state index < -0.39 is 31.0 Å². The van der Waals surface area contributed by atoms with Gasteiger partial charge in [0.15, 0.2) is 0 Å². The number of fused-ring (bicyclic) bond motifs is 1. The summed E-state index contributed by atoms with van der Waals surface area (Å²) in [6, 6.07) is 2.99. The van der Waals surface area contributed by atoms with Gasteiger partial charge in [-0.3, -0.25) is 0 Å². The minimum Gasteiger partial charge on any atom is -0.394 e. The molecule has 0 fully saturated rings. The summed E-state index contributed by atoms with van der Waals surface area (Å²) in [5.41, 5.74) is 0.908. The molecule has 0 saturated heterocycles. The fourth-order valence-corrected chi connectivity index (χ4v) is 2.17. The summed E-state index contributed by atoms with van der Waals surface area (Å²) in [5, 5.41) is 47.9. The van der Waals surface area contributed by atoms with Crippen LogP contribution in [0.2, 0.25) is 10.0 Å². The lowest BCUT2D eigenvalue weighted by Gasteiger charge is -2.24. The van der Waals surface area contributed by atoms with Gasteiger partial charge in [-0.1, -0.05) is 23.2 Å². The predicted octanol–water partition coefficient (Wildman–Crippen LogP) is -0.0219. The molecule has 0 spiro atoms. The highest BCUT2D eigenvalue weighted by molar-refractivity contribution is 6.42. The van der Waals surface area contributed by atoms with Gasteiger partial charge in [-0.2, -0.15) is 0 Å². The van der Waals surface area contributed by atoms with Crippen LogP contribution in [-0.4, -0.2) is 60.4 Å². The molecule has 1 aromatic carbocycles. The molecule has 1 heterocycles. The summed E-state index contributed by atoms with van der Waals surface area (Å²) in [4.78, 5) is 6.78. The van der Waals surface area contributed by atoms with Crippen molar-refractivity contribution in [3.8, 4) is 0 Å². The van der Waals surface area contributed by atoms with E-state index in [0.29, 0.717) is 16.1 Å². The maximum atomic E-state index is 9.98. The van der Waals surface area contributed by atoms with Crippen molar-refractivity contribution < 1.29 is 25.5 Å². The molecule has 4 atom stereocenters. The summed E-state index contributed by atoms with van der Waals surface area (Å²) >= 11 is 11.7. The number of nitrogens with zero attached hydrogens (tertiary/aromatic N) is 1. The smallest absolute Gasteiger partial charge is 0.140 e. The molecule has 2 aromatic rings. The zero-order chi connectivity index (χ0) is 15.7. The number of halogens is 2. The first-order valence-electron chi connectivity index (χ1n) is 6.03. The van der Waals surface area contributed by atoms with Crippen molar-refractivity contribution in [3.63, 3.8) is 0 Å². The van der Waals surface area contributed by atoms with Crippen LogP contribution >= 0.6 is 23.2 Å². The van der Waals surface area contributed by atoms with Gasteiger partial charge >= 0.3 is 0 Å². The van der Waals surface area contributed by atoms with Crippen LogP contribution in [0, 0.1) is 0 Å². The molecule has 0 saturated carbocycles. The molecule has 7 nitrogen and oxygen atoms in total. The predicted molar refractivity (Wildman–Crippen MR) is 76.2 cm³/mol. The van der Waals surface area contributed by atoms with E-state index in [-0.39, 0.29) is 10.8 Å². The highest BCUT2D eigenvalue weighted by Crippen LogP contribution is 2.28. The van der Waals surface area contributed by atoms with E-state index in [9.17, 15) is 20.4 Å². The lowest BCUT2D eigenvalue weighted by atomic mass is 10.0. The Bertz CT molecular complexity index is 596. The number of benzene rings is 1. The van der Waals surface area contributed by atoms with Crippen LogP contribution in [0.4, 0.5) is 0 Å². The normalized spacial score (nSPS) is 17.7. The standard InChI is InChI=1S/C12H14Cl2N2O5/c13-4-1-6-7(2-5(4)14)16-12(15-6)11(21)10(20)9(19)8(18)3-17/h1-2,8-11,17-21H,3H2,(H,15,16)/t8?,9-,10?,11+/m1/s1. The molecule has 0 aliphatic heterocycles. The average Bonchev–Trinajstić information content (AvgIpc) is 2.87. The molecule has 0 aliphatic rings. The molecule has 6 N–H and O–H groups in total. The van der Waals surface area contributed by atoms with Crippen LogP contribution in [0.25, 0.3) is 11.0 Å². The van der Waals surface area contributed by atoms with E-state index in [0.717, 1.165) is 0 Å². The third-order valence-electron chi connectivity index (χ3n) is 3.08.